The molecule has 0 aliphatic rings. The Morgan fingerprint density at radius 3 is 2.67 bits per heavy atom. The molecule has 0 unspecified atom stereocenters. The van der Waals surface area contributed by atoms with Gasteiger partial charge in [-0.15, -0.1) is 0 Å². The quantitative estimate of drug-likeness (QED) is 0.865. The summed E-state index contributed by atoms with van der Waals surface area (Å²) in [6.07, 6.45) is -0.684. The maximum atomic E-state index is 12.0. The van der Waals surface area contributed by atoms with E-state index in [-0.39, 0.29) is 12.2 Å². The molecule has 2 N–H and O–H groups in total. The number of rotatable bonds is 4. The Hall–Kier alpha value is -2.47. The molecule has 1 atom stereocenters. The number of aliphatic hydroxyl groups is 1. The Labute approximate surface area is 122 Å². The molecule has 0 bridgehead atoms. The van der Waals surface area contributed by atoms with Crippen molar-refractivity contribution in [2.45, 2.75) is 20.0 Å². The van der Waals surface area contributed by atoms with Gasteiger partial charge in [0, 0.05) is 18.3 Å². The molecule has 0 aliphatic carbocycles. The van der Waals surface area contributed by atoms with Gasteiger partial charge in [-0.05, 0) is 26.0 Å². The topological polar surface area (TPSA) is 84.2 Å². The first-order valence-corrected chi connectivity index (χ1v) is 6.61. The molecule has 0 spiro atoms. The van der Waals surface area contributed by atoms with Crippen LogP contribution in [0.15, 0.2) is 41.2 Å². The molecule has 1 heterocycles. The summed E-state index contributed by atoms with van der Waals surface area (Å²) in [5.74, 6) is -0.592. The monoisotopic (exact) mass is 287 g/mol. The minimum absolute atomic E-state index is 0.0686. The number of nitrogens with one attached hydrogen (secondary N) is 1. The fourth-order valence-electron chi connectivity index (χ4n) is 1.86. The fourth-order valence-corrected chi connectivity index (χ4v) is 1.86. The summed E-state index contributed by atoms with van der Waals surface area (Å²) in [5.41, 5.74) is 0.769. The van der Waals surface area contributed by atoms with Gasteiger partial charge < -0.3 is 10.4 Å². The summed E-state index contributed by atoms with van der Waals surface area (Å²) in [5, 5.41) is 15.8. The lowest BCUT2D eigenvalue weighted by Crippen LogP contribution is -2.35. The van der Waals surface area contributed by atoms with Crippen molar-refractivity contribution in [3.8, 4) is 5.69 Å². The van der Waals surface area contributed by atoms with Crippen LogP contribution >= 0.6 is 0 Å². The molecular formula is C15H17N3O3. The minimum atomic E-state index is -0.684. The van der Waals surface area contributed by atoms with Crippen molar-refractivity contribution in [3.63, 3.8) is 0 Å². The van der Waals surface area contributed by atoms with Gasteiger partial charge in [-0.3, -0.25) is 9.59 Å². The van der Waals surface area contributed by atoms with Crippen molar-refractivity contribution in [1.82, 2.24) is 15.1 Å². The lowest BCUT2D eigenvalue weighted by atomic mass is 10.2. The van der Waals surface area contributed by atoms with Crippen LogP contribution in [0.2, 0.25) is 0 Å². The molecule has 0 saturated carbocycles. The highest BCUT2D eigenvalue weighted by Crippen LogP contribution is 2.07. The average Bonchev–Trinajstić information content (AvgIpc) is 2.46. The Morgan fingerprint density at radius 1 is 1.38 bits per heavy atom. The van der Waals surface area contributed by atoms with Crippen molar-refractivity contribution in [2.75, 3.05) is 6.54 Å². The minimum Gasteiger partial charge on any atom is -0.392 e. The third-order valence-electron chi connectivity index (χ3n) is 2.88. The van der Waals surface area contributed by atoms with E-state index in [4.69, 9.17) is 0 Å². The molecule has 110 valence electrons. The first-order chi connectivity index (χ1) is 9.99. The van der Waals surface area contributed by atoms with E-state index >= 15 is 0 Å². The molecule has 0 saturated heterocycles. The molecule has 21 heavy (non-hydrogen) atoms. The Bertz CT molecular complexity index is 693. The van der Waals surface area contributed by atoms with Crippen LogP contribution in [-0.4, -0.2) is 33.4 Å². The van der Waals surface area contributed by atoms with Crippen LogP contribution in [0.5, 0.6) is 0 Å². The Balaban J connectivity index is 2.40. The Kier molecular flexibility index (Phi) is 4.49. The van der Waals surface area contributed by atoms with E-state index < -0.39 is 17.4 Å². The second-order valence-corrected chi connectivity index (χ2v) is 4.80. The van der Waals surface area contributed by atoms with Crippen LogP contribution in [0, 0.1) is 6.92 Å². The summed E-state index contributed by atoms with van der Waals surface area (Å²) >= 11 is 0. The molecule has 0 fully saturated rings. The van der Waals surface area contributed by atoms with Crippen LogP contribution in [-0.2, 0) is 0 Å². The van der Waals surface area contributed by atoms with Gasteiger partial charge in [0.05, 0.1) is 11.8 Å². The normalized spacial score (nSPS) is 12.0. The van der Waals surface area contributed by atoms with Crippen molar-refractivity contribution < 1.29 is 9.90 Å². The SMILES string of the molecule is Cc1cc(=O)c(C(=O)NC[C@H](C)O)nn1-c1ccccc1. The maximum Gasteiger partial charge on any atom is 0.275 e. The zero-order valence-corrected chi connectivity index (χ0v) is 11.9. The Morgan fingerprint density at radius 2 is 2.05 bits per heavy atom. The van der Waals surface area contributed by atoms with Gasteiger partial charge in [-0.25, -0.2) is 4.68 Å². The van der Waals surface area contributed by atoms with E-state index in [0.717, 1.165) is 5.69 Å². The van der Waals surface area contributed by atoms with Crippen molar-refractivity contribution in [2.24, 2.45) is 0 Å². The average molecular weight is 287 g/mol. The van der Waals surface area contributed by atoms with Crippen LogP contribution in [0.3, 0.4) is 0 Å². The van der Waals surface area contributed by atoms with Crippen LogP contribution in [0.1, 0.15) is 23.1 Å². The smallest absolute Gasteiger partial charge is 0.275 e. The second-order valence-electron chi connectivity index (χ2n) is 4.80. The van der Waals surface area contributed by atoms with Crippen LogP contribution in [0.25, 0.3) is 5.69 Å². The van der Waals surface area contributed by atoms with Crippen LogP contribution in [0.4, 0.5) is 0 Å². The third-order valence-corrected chi connectivity index (χ3v) is 2.88. The summed E-state index contributed by atoms with van der Waals surface area (Å²) in [6.45, 7) is 3.36. The first-order valence-electron chi connectivity index (χ1n) is 6.61. The number of carbonyl (C=O) groups excluding carboxylic acids is 1. The van der Waals surface area contributed by atoms with E-state index in [2.05, 4.69) is 10.4 Å². The summed E-state index contributed by atoms with van der Waals surface area (Å²) in [4.78, 5) is 23.9. The number of nitrogens with zero attached hydrogens (tertiary/aromatic N) is 2. The molecule has 0 radical (unpaired) electrons. The summed E-state index contributed by atoms with van der Waals surface area (Å²) < 4.78 is 1.54. The number of amides is 1. The molecule has 2 rings (SSSR count). The standard InChI is InChI=1S/C15H17N3O3/c1-10-8-13(20)14(15(21)16-9-11(2)19)17-18(10)12-6-4-3-5-7-12/h3-8,11,19H,9H2,1-2H3,(H,16,21)/t11-/m0/s1. The maximum absolute atomic E-state index is 12.0. The number of para-hydroxylation sites is 1. The van der Waals surface area contributed by atoms with E-state index in [1.807, 2.05) is 30.3 Å². The lowest BCUT2D eigenvalue weighted by molar-refractivity contribution is 0.0916. The van der Waals surface area contributed by atoms with Gasteiger partial charge in [0.1, 0.15) is 0 Å². The van der Waals surface area contributed by atoms with Gasteiger partial charge in [-0.1, -0.05) is 18.2 Å². The number of benzene rings is 1. The number of carbonyl (C=O) groups is 1. The zero-order chi connectivity index (χ0) is 15.4. The van der Waals surface area contributed by atoms with Gasteiger partial charge in [-0.2, -0.15) is 5.10 Å². The van der Waals surface area contributed by atoms with Gasteiger partial charge in [0.2, 0.25) is 5.43 Å². The second kappa shape index (κ2) is 6.32. The van der Waals surface area contributed by atoms with Gasteiger partial charge in [0.15, 0.2) is 5.69 Å². The molecule has 1 aromatic carbocycles. The van der Waals surface area contributed by atoms with Gasteiger partial charge in [0.25, 0.3) is 5.91 Å². The lowest BCUT2D eigenvalue weighted by Gasteiger charge is -2.11. The molecule has 1 amide bonds. The van der Waals surface area contributed by atoms with Crippen molar-refractivity contribution >= 4 is 5.91 Å². The van der Waals surface area contributed by atoms with Crippen molar-refractivity contribution in [3.05, 3.63) is 58.0 Å². The molecule has 1 aromatic heterocycles. The predicted molar refractivity (Wildman–Crippen MR) is 78.6 cm³/mol. The van der Waals surface area contributed by atoms with E-state index in [0.29, 0.717) is 5.69 Å². The number of aromatic nitrogens is 2. The van der Waals surface area contributed by atoms with E-state index in [9.17, 15) is 14.7 Å². The largest absolute Gasteiger partial charge is 0.392 e. The third kappa shape index (κ3) is 3.55. The first kappa shape index (κ1) is 14.9. The zero-order valence-electron chi connectivity index (χ0n) is 11.9. The van der Waals surface area contributed by atoms with Crippen LogP contribution < -0.4 is 10.7 Å². The van der Waals surface area contributed by atoms with E-state index in [1.54, 1.807) is 18.5 Å². The molecule has 2 aromatic rings. The molecular weight excluding hydrogens is 270 g/mol. The van der Waals surface area contributed by atoms with Crippen molar-refractivity contribution in [1.29, 1.82) is 0 Å². The molecule has 6 heteroatoms. The number of aliphatic hydroxyl groups excluding tert-OH is 1. The fraction of sp³-hybridized carbons (Fsp3) is 0.267. The summed E-state index contributed by atoms with van der Waals surface area (Å²) in [6, 6.07) is 10.6. The highest BCUT2D eigenvalue weighted by Gasteiger charge is 2.15. The molecule has 0 aliphatic heterocycles. The summed E-state index contributed by atoms with van der Waals surface area (Å²) in [7, 11) is 0. The number of hydrogen-bond donors (Lipinski definition) is 2. The van der Waals surface area contributed by atoms with E-state index in [1.165, 1.54) is 6.07 Å². The highest BCUT2D eigenvalue weighted by atomic mass is 16.3. The van der Waals surface area contributed by atoms with Gasteiger partial charge >= 0.3 is 0 Å². The highest BCUT2D eigenvalue weighted by molar-refractivity contribution is 5.92. The number of hydrogen-bond acceptors (Lipinski definition) is 4. The molecule has 6 nitrogen and oxygen atoms in total. The predicted octanol–water partition coefficient (Wildman–Crippen LogP) is 0.652. The number of aryl methyl sites for hydroxylation is 1.